The minimum atomic E-state index is -0.0570. The van der Waals surface area contributed by atoms with Gasteiger partial charge in [-0.2, -0.15) is 0 Å². The SMILES string of the molecule is CCCCc1ccc2c3ccc(-c4cccc(-c5ccc(-c6cc(-c7cc(-c8ccc(-c9cccc(-c%10ccc%11c%12ccc(CCCC)cc%12c%12ccccc%12c%11c%10)c9)cc8)cc(C(C)(C)C)c7)cc(C(C)(C)C)c6)cc5)c4)cc3c3ccccc3c2c1. The Morgan fingerprint density at radius 2 is 0.455 bits per heavy atom. The van der Waals surface area contributed by atoms with Crippen LogP contribution < -0.4 is 0 Å². The van der Waals surface area contributed by atoms with E-state index in [1.54, 1.807) is 0 Å². The van der Waals surface area contributed by atoms with Crippen molar-refractivity contribution < 1.29 is 0 Å². The molecule has 0 N–H and O–H groups in total. The molecular formula is C88H78. The lowest BCUT2D eigenvalue weighted by atomic mass is 9.80. The van der Waals surface area contributed by atoms with E-state index < -0.39 is 0 Å². The number of rotatable bonds is 13. The smallest absolute Gasteiger partial charge is 0.00928 e. The number of hydrogen-bond acceptors (Lipinski definition) is 0. The summed E-state index contributed by atoms with van der Waals surface area (Å²) in [6, 6.07) is 97.5. The van der Waals surface area contributed by atoms with Gasteiger partial charge in [0.15, 0.2) is 0 Å². The van der Waals surface area contributed by atoms with Crippen LogP contribution in [0.25, 0.3) is 143 Å². The average Bonchev–Trinajstić information content (AvgIpc) is 0.980. The molecule has 0 unspecified atom stereocenters. The van der Waals surface area contributed by atoms with Crippen molar-refractivity contribution in [2.24, 2.45) is 0 Å². The van der Waals surface area contributed by atoms with Gasteiger partial charge < -0.3 is 0 Å². The summed E-state index contributed by atoms with van der Waals surface area (Å²) in [5, 5.41) is 15.9. The Morgan fingerprint density at radius 3 is 0.784 bits per heavy atom. The van der Waals surface area contributed by atoms with Crippen LogP contribution in [0.2, 0.25) is 0 Å². The van der Waals surface area contributed by atoms with Crippen LogP contribution in [0.5, 0.6) is 0 Å². The summed E-state index contributed by atoms with van der Waals surface area (Å²) in [6.45, 7) is 18.5. The van der Waals surface area contributed by atoms with Crippen LogP contribution in [-0.2, 0) is 23.7 Å². The summed E-state index contributed by atoms with van der Waals surface area (Å²) < 4.78 is 0. The molecular weight excluding hydrogens is 1060 g/mol. The third-order valence-corrected chi connectivity index (χ3v) is 18.9. The normalized spacial score (nSPS) is 12.1. The zero-order valence-electron chi connectivity index (χ0n) is 52.5. The first-order valence-corrected chi connectivity index (χ1v) is 32.2. The highest BCUT2D eigenvalue weighted by Crippen LogP contribution is 2.43. The standard InChI is InChI=1S/C88H78/c1-9-11-19-57-29-41-79-81-43-39-67(55-85(81)77-27-15-13-25-75(77)83(79)45-57)65-23-17-21-63(47-65)59-31-35-61(36-32-59)69-49-71(53-73(51-69)87(3,4)5)72-50-70(52-74(54-72)88(6,7)8)62-37-33-60(34-38-62)64-22-18-24-66(48-64)68-40-44-82-80-42-30-58(20-12-10-2)46-84(80)76-26-14-16-28-78(76)86(82)56-68/h13-18,21-56H,9-12,19-20H2,1-8H3. The van der Waals surface area contributed by atoms with Crippen LogP contribution in [0.1, 0.15) is 103 Å². The van der Waals surface area contributed by atoms with Crippen molar-refractivity contribution in [3.8, 4) is 77.9 Å². The second-order valence-corrected chi connectivity index (χ2v) is 27.0. The van der Waals surface area contributed by atoms with E-state index in [9.17, 15) is 0 Å². The summed E-state index contributed by atoms with van der Waals surface area (Å²) in [5.74, 6) is 0. The third kappa shape index (κ3) is 10.9. The number of unbranched alkanes of at least 4 members (excludes halogenated alkanes) is 2. The predicted octanol–water partition coefficient (Wildman–Crippen LogP) is 25.6. The topological polar surface area (TPSA) is 0 Å². The van der Waals surface area contributed by atoms with Gasteiger partial charge >= 0.3 is 0 Å². The average molecular weight is 1140 g/mol. The van der Waals surface area contributed by atoms with E-state index in [0.29, 0.717) is 0 Å². The molecule has 0 aliphatic rings. The number of hydrogen-bond donors (Lipinski definition) is 0. The zero-order chi connectivity index (χ0) is 60.3. The van der Waals surface area contributed by atoms with Crippen LogP contribution in [0, 0.1) is 0 Å². The Bertz CT molecular complexity index is 4620. The molecule has 88 heavy (non-hydrogen) atoms. The lowest BCUT2D eigenvalue weighted by molar-refractivity contribution is 0.589. The molecule has 0 nitrogen and oxygen atoms in total. The zero-order valence-corrected chi connectivity index (χ0v) is 52.5. The molecule has 14 rings (SSSR count). The van der Waals surface area contributed by atoms with Crippen LogP contribution in [0.4, 0.5) is 0 Å². The van der Waals surface area contributed by atoms with Crippen molar-refractivity contribution in [2.45, 2.75) is 105 Å². The number of aryl methyl sites for hydroxylation is 2. The van der Waals surface area contributed by atoms with E-state index in [1.807, 2.05) is 0 Å². The molecule has 0 fully saturated rings. The third-order valence-electron chi connectivity index (χ3n) is 18.9. The van der Waals surface area contributed by atoms with E-state index in [2.05, 4.69) is 310 Å². The quantitative estimate of drug-likeness (QED) is 0.101. The van der Waals surface area contributed by atoms with Crippen molar-refractivity contribution in [1.82, 2.24) is 0 Å². The van der Waals surface area contributed by atoms with Gasteiger partial charge in [-0.3, -0.25) is 0 Å². The molecule has 0 heteroatoms. The molecule has 0 saturated carbocycles. The molecule has 0 spiro atoms. The summed E-state index contributed by atoms with van der Waals surface area (Å²) in [7, 11) is 0. The van der Waals surface area contributed by atoms with Crippen molar-refractivity contribution in [3.05, 3.63) is 277 Å². The summed E-state index contributed by atoms with van der Waals surface area (Å²) in [4.78, 5) is 0. The minimum Gasteiger partial charge on any atom is -0.0654 e. The Hall–Kier alpha value is -9.36. The fourth-order valence-electron chi connectivity index (χ4n) is 13.7. The minimum absolute atomic E-state index is 0.0570. The molecule has 14 aromatic rings. The maximum absolute atomic E-state index is 2.44. The predicted molar refractivity (Wildman–Crippen MR) is 384 cm³/mol. The van der Waals surface area contributed by atoms with Gasteiger partial charge in [-0.15, -0.1) is 0 Å². The molecule has 14 aromatic carbocycles. The van der Waals surface area contributed by atoms with Crippen LogP contribution >= 0.6 is 0 Å². The van der Waals surface area contributed by atoms with Crippen LogP contribution in [0.3, 0.4) is 0 Å². The van der Waals surface area contributed by atoms with Gasteiger partial charge in [-0.25, -0.2) is 0 Å². The molecule has 0 bridgehead atoms. The Kier molecular flexibility index (Phi) is 14.8. The second kappa shape index (κ2) is 23.1. The Morgan fingerprint density at radius 1 is 0.205 bits per heavy atom. The Balaban J connectivity index is 0.755. The van der Waals surface area contributed by atoms with E-state index in [1.165, 1.54) is 190 Å². The highest BCUT2D eigenvalue weighted by molar-refractivity contribution is 6.27. The maximum atomic E-state index is 2.44. The van der Waals surface area contributed by atoms with E-state index >= 15 is 0 Å². The molecule has 0 saturated heterocycles. The number of benzene rings is 14. The van der Waals surface area contributed by atoms with Gasteiger partial charge in [0.05, 0.1) is 0 Å². The molecule has 0 aromatic heterocycles. The molecule has 0 amide bonds. The van der Waals surface area contributed by atoms with Crippen molar-refractivity contribution in [3.63, 3.8) is 0 Å². The van der Waals surface area contributed by atoms with Gasteiger partial charge in [-0.05, 0) is 238 Å². The maximum Gasteiger partial charge on any atom is -0.00928 e. The van der Waals surface area contributed by atoms with Gasteiger partial charge in [0.1, 0.15) is 0 Å². The second-order valence-electron chi connectivity index (χ2n) is 27.0. The molecule has 0 aliphatic carbocycles. The fraction of sp³-hybridized carbons (Fsp3) is 0.182. The van der Waals surface area contributed by atoms with E-state index in [0.717, 1.165) is 12.8 Å². The lowest BCUT2D eigenvalue weighted by Gasteiger charge is -2.24. The van der Waals surface area contributed by atoms with E-state index in [-0.39, 0.29) is 10.8 Å². The largest absolute Gasteiger partial charge is 0.0654 e. The van der Waals surface area contributed by atoms with Crippen molar-refractivity contribution in [1.29, 1.82) is 0 Å². The van der Waals surface area contributed by atoms with Gasteiger partial charge in [0.2, 0.25) is 0 Å². The van der Waals surface area contributed by atoms with Crippen molar-refractivity contribution >= 4 is 64.6 Å². The first-order valence-electron chi connectivity index (χ1n) is 32.2. The summed E-state index contributed by atoms with van der Waals surface area (Å²) in [5.41, 5.74) is 22.5. The summed E-state index contributed by atoms with van der Waals surface area (Å²) in [6.07, 6.45) is 7.08. The van der Waals surface area contributed by atoms with E-state index in [4.69, 9.17) is 0 Å². The van der Waals surface area contributed by atoms with Crippen LogP contribution in [0.15, 0.2) is 255 Å². The van der Waals surface area contributed by atoms with Gasteiger partial charge in [0, 0.05) is 0 Å². The molecule has 0 aliphatic heterocycles. The molecule has 0 heterocycles. The van der Waals surface area contributed by atoms with Gasteiger partial charge in [0.25, 0.3) is 0 Å². The summed E-state index contributed by atoms with van der Waals surface area (Å²) >= 11 is 0. The number of fused-ring (bicyclic) bond motifs is 12. The first-order chi connectivity index (χ1) is 42.7. The van der Waals surface area contributed by atoms with Crippen LogP contribution in [-0.4, -0.2) is 0 Å². The highest BCUT2D eigenvalue weighted by Gasteiger charge is 2.21. The first kappa shape index (κ1) is 56.4. The Labute approximate surface area is 521 Å². The van der Waals surface area contributed by atoms with Gasteiger partial charge in [-0.1, -0.05) is 287 Å². The monoisotopic (exact) mass is 1130 g/mol. The molecule has 430 valence electrons. The lowest BCUT2D eigenvalue weighted by Crippen LogP contribution is -2.12. The molecule has 0 radical (unpaired) electrons. The molecule has 0 atom stereocenters. The highest BCUT2D eigenvalue weighted by atomic mass is 14.3. The fourth-order valence-corrected chi connectivity index (χ4v) is 13.7. The van der Waals surface area contributed by atoms with Crippen molar-refractivity contribution in [2.75, 3.05) is 0 Å².